The second kappa shape index (κ2) is 6.71. The van der Waals surface area contributed by atoms with Crippen molar-refractivity contribution < 1.29 is 14.5 Å². The van der Waals surface area contributed by atoms with E-state index in [1.54, 1.807) is 6.92 Å². The fourth-order valence-electron chi connectivity index (χ4n) is 1.89. The minimum absolute atomic E-state index is 0.149. The Balaban J connectivity index is 2.12. The fraction of sp³-hybridized carbons (Fsp3) is 0.231. The number of nitrogens with one attached hydrogen (secondary N) is 2. The number of carbonyl (C=O) groups excluding carboxylic acids is 1. The number of hydrogen-bond donors (Lipinski definition) is 2. The second-order valence-corrected chi connectivity index (χ2v) is 5.36. The zero-order chi connectivity index (χ0) is 16.3. The quantitative estimate of drug-likeness (QED) is 0.374. The fourth-order valence-corrected chi connectivity index (χ4v) is 2.31. The number of nitrogens with zero attached hydrogens (tertiary/aromatic N) is 1. The maximum atomic E-state index is 12.0. The summed E-state index contributed by atoms with van der Waals surface area (Å²) in [5.41, 5.74) is 1.06. The summed E-state index contributed by atoms with van der Waals surface area (Å²) in [4.78, 5) is 22.4. The van der Waals surface area contributed by atoms with Crippen LogP contribution in [0.5, 0.6) is 0 Å². The number of hydrogen-bond acceptors (Lipinski definition) is 5. The van der Waals surface area contributed by atoms with Gasteiger partial charge in [-0.1, -0.05) is 11.6 Å². The summed E-state index contributed by atoms with van der Waals surface area (Å²) >= 11 is 10.7. The number of carbonyl (C=O) groups is 1. The number of rotatable bonds is 4. The molecule has 0 amide bonds. The Hall–Kier alpha value is -2.19. The monoisotopic (exact) mass is 341 g/mol. The Morgan fingerprint density at radius 1 is 1.55 bits per heavy atom. The highest BCUT2D eigenvalue weighted by molar-refractivity contribution is 7.80. The van der Waals surface area contributed by atoms with Crippen LogP contribution in [0, 0.1) is 10.1 Å². The lowest BCUT2D eigenvalue weighted by atomic mass is 10.1. The molecule has 0 atom stereocenters. The highest BCUT2D eigenvalue weighted by atomic mass is 35.5. The summed E-state index contributed by atoms with van der Waals surface area (Å²) in [6.45, 7) is 1.71. The van der Waals surface area contributed by atoms with Gasteiger partial charge in [0.05, 0.1) is 22.6 Å². The molecule has 1 aliphatic heterocycles. The average molecular weight is 342 g/mol. The molecule has 2 rings (SSSR count). The molecule has 0 aromatic heterocycles. The van der Waals surface area contributed by atoms with Crippen LogP contribution >= 0.6 is 23.8 Å². The molecule has 0 aliphatic carbocycles. The Morgan fingerprint density at radius 2 is 2.27 bits per heavy atom. The van der Waals surface area contributed by atoms with E-state index < -0.39 is 10.9 Å². The Morgan fingerprint density at radius 3 is 2.91 bits per heavy atom. The molecule has 7 nitrogen and oxygen atoms in total. The van der Waals surface area contributed by atoms with Crippen LogP contribution in [-0.4, -0.2) is 22.5 Å². The number of allylic oxidation sites excluding steroid dienone is 1. The van der Waals surface area contributed by atoms with Crippen LogP contribution in [-0.2, 0) is 16.1 Å². The molecule has 0 fully saturated rings. The van der Waals surface area contributed by atoms with Gasteiger partial charge in [0.25, 0.3) is 5.69 Å². The average Bonchev–Trinajstić information content (AvgIpc) is 2.44. The second-order valence-electron chi connectivity index (χ2n) is 4.52. The van der Waals surface area contributed by atoms with Gasteiger partial charge in [-0.25, -0.2) is 4.79 Å². The smallest absolute Gasteiger partial charge is 0.337 e. The summed E-state index contributed by atoms with van der Waals surface area (Å²) in [6.07, 6.45) is 0. The summed E-state index contributed by atoms with van der Waals surface area (Å²) in [7, 11) is 0. The predicted molar refractivity (Wildman–Crippen MR) is 84.3 cm³/mol. The molecule has 0 unspecified atom stereocenters. The Labute approximate surface area is 136 Å². The van der Waals surface area contributed by atoms with Crippen LogP contribution < -0.4 is 10.6 Å². The van der Waals surface area contributed by atoms with Gasteiger partial charge in [-0.05, 0) is 31.3 Å². The first-order chi connectivity index (χ1) is 10.4. The molecule has 1 heterocycles. The first kappa shape index (κ1) is 16.2. The normalized spacial score (nSPS) is 14.2. The van der Waals surface area contributed by atoms with Crippen molar-refractivity contribution in [1.29, 1.82) is 0 Å². The highest BCUT2D eigenvalue weighted by Crippen LogP contribution is 2.23. The zero-order valence-corrected chi connectivity index (χ0v) is 13.1. The number of nitro groups is 1. The van der Waals surface area contributed by atoms with E-state index in [9.17, 15) is 14.9 Å². The number of thiocarbonyl (C=S) groups is 1. The first-order valence-corrected chi connectivity index (χ1v) is 7.01. The van der Waals surface area contributed by atoms with Gasteiger partial charge in [0.15, 0.2) is 5.11 Å². The van der Waals surface area contributed by atoms with E-state index in [1.807, 2.05) is 0 Å². The number of benzene rings is 1. The lowest BCUT2D eigenvalue weighted by molar-refractivity contribution is -0.385. The number of halogens is 1. The molecule has 116 valence electrons. The number of nitro benzene ring substituents is 1. The van der Waals surface area contributed by atoms with Gasteiger partial charge in [-0.3, -0.25) is 10.1 Å². The van der Waals surface area contributed by atoms with Crippen molar-refractivity contribution in [3.63, 3.8) is 0 Å². The molecular weight excluding hydrogens is 330 g/mol. The first-order valence-electron chi connectivity index (χ1n) is 6.23. The van der Waals surface area contributed by atoms with Gasteiger partial charge < -0.3 is 15.4 Å². The van der Waals surface area contributed by atoms with Crippen molar-refractivity contribution in [3.8, 4) is 0 Å². The maximum absolute atomic E-state index is 12.0. The van der Waals surface area contributed by atoms with Crippen molar-refractivity contribution in [2.24, 2.45) is 0 Å². The van der Waals surface area contributed by atoms with Crippen LogP contribution in [0.15, 0.2) is 29.5 Å². The van der Waals surface area contributed by atoms with E-state index in [0.29, 0.717) is 21.4 Å². The summed E-state index contributed by atoms with van der Waals surface area (Å²) < 4.78 is 5.14. The molecule has 1 aromatic rings. The van der Waals surface area contributed by atoms with E-state index in [-0.39, 0.29) is 24.4 Å². The van der Waals surface area contributed by atoms with Crippen LogP contribution in [0.4, 0.5) is 5.69 Å². The largest absolute Gasteiger partial charge is 0.457 e. The molecule has 0 saturated carbocycles. The molecule has 0 radical (unpaired) electrons. The standard InChI is InChI=1S/C13H12ClN3O4S/c1-7-10(5-15-13(22)16-7)12(18)21-6-8-4-9(14)2-3-11(8)17(19)20/h2-4H,5-6H2,1H3,(H2,15,16,22). The predicted octanol–water partition coefficient (Wildman–Crippen LogP) is 2.04. The molecule has 22 heavy (non-hydrogen) atoms. The van der Waals surface area contributed by atoms with Crippen molar-refractivity contribution in [2.45, 2.75) is 13.5 Å². The van der Waals surface area contributed by atoms with E-state index in [2.05, 4.69) is 10.6 Å². The number of esters is 1. The Bertz CT molecular complexity index is 690. The SMILES string of the molecule is CC1=C(C(=O)OCc2cc(Cl)ccc2[N+](=O)[O-])CNC(=S)N1. The van der Waals surface area contributed by atoms with Gasteiger partial charge in [0.2, 0.25) is 0 Å². The lowest BCUT2D eigenvalue weighted by Crippen LogP contribution is -2.42. The Kier molecular flexibility index (Phi) is 4.94. The van der Waals surface area contributed by atoms with E-state index in [0.717, 1.165) is 0 Å². The molecular formula is C13H12ClN3O4S. The maximum Gasteiger partial charge on any atom is 0.337 e. The van der Waals surface area contributed by atoms with Crippen LogP contribution in [0.3, 0.4) is 0 Å². The minimum Gasteiger partial charge on any atom is -0.457 e. The van der Waals surface area contributed by atoms with Gasteiger partial charge in [0, 0.05) is 16.8 Å². The zero-order valence-electron chi connectivity index (χ0n) is 11.5. The van der Waals surface area contributed by atoms with Crippen molar-refractivity contribution in [2.75, 3.05) is 6.54 Å². The molecule has 0 saturated heterocycles. The molecule has 1 aromatic carbocycles. The summed E-state index contributed by atoms with van der Waals surface area (Å²) in [5.74, 6) is -0.575. The van der Waals surface area contributed by atoms with Crippen LogP contribution in [0.1, 0.15) is 12.5 Å². The molecule has 0 spiro atoms. The van der Waals surface area contributed by atoms with Crippen molar-refractivity contribution in [1.82, 2.24) is 10.6 Å². The molecule has 1 aliphatic rings. The number of ether oxygens (including phenoxy) is 1. The van der Waals surface area contributed by atoms with Gasteiger partial charge in [-0.15, -0.1) is 0 Å². The summed E-state index contributed by atoms with van der Waals surface area (Å²) in [6, 6.07) is 4.09. The molecule has 0 bridgehead atoms. The highest BCUT2D eigenvalue weighted by Gasteiger charge is 2.21. The van der Waals surface area contributed by atoms with Crippen molar-refractivity contribution >= 4 is 40.6 Å². The van der Waals surface area contributed by atoms with Crippen LogP contribution in [0.2, 0.25) is 5.02 Å². The third-order valence-electron chi connectivity index (χ3n) is 3.02. The minimum atomic E-state index is -0.575. The summed E-state index contributed by atoms with van der Waals surface area (Å²) in [5, 5.41) is 17.3. The molecule has 2 N–H and O–H groups in total. The van der Waals surface area contributed by atoms with E-state index in [4.69, 9.17) is 28.6 Å². The van der Waals surface area contributed by atoms with Gasteiger partial charge >= 0.3 is 5.97 Å². The van der Waals surface area contributed by atoms with Crippen molar-refractivity contribution in [3.05, 3.63) is 50.2 Å². The van der Waals surface area contributed by atoms with E-state index in [1.165, 1.54) is 18.2 Å². The van der Waals surface area contributed by atoms with Crippen LogP contribution in [0.25, 0.3) is 0 Å². The lowest BCUT2D eigenvalue weighted by Gasteiger charge is -2.20. The topological polar surface area (TPSA) is 93.5 Å². The molecule has 9 heteroatoms. The van der Waals surface area contributed by atoms with Gasteiger partial charge in [0.1, 0.15) is 6.61 Å². The third-order valence-corrected chi connectivity index (χ3v) is 3.50. The van der Waals surface area contributed by atoms with Gasteiger partial charge in [-0.2, -0.15) is 0 Å². The third kappa shape index (κ3) is 3.71. The van der Waals surface area contributed by atoms with E-state index >= 15 is 0 Å².